The summed E-state index contributed by atoms with van der Waals surface area (Å²) in [5.41, 5.74) is 12.0. The van der Waals surface area contributed by atoms with Gasteiger partial charge in [-0.3, -0.25) is 4.79 Å². The minimum absolute atomic E-state index is 0.121. The number of nitrogen functional groups attached to an aromatic ring is 1. The Kier molecular flexibility index (Phi) is 4.85. The van der Waals surface area contributed by atoms with Crippen molar-refractivity contribution in [1.29, 1.82) is 0 Å². The molecule has 1 unspecified atom stereocenters. The summed E-state index contributed by atoms with van der Waals surface area (Å²) in [7, 11) is 0. The van der Waals surface area contributed by atoms with Crippen LogP contribution in [0.1, 0.15) is 13.3 Å². The van der Waals surface area contributed by atoms with E-state index in [2.05, 4.69) is 0 Å². The summed E-state index contributed by atoms with van der Waals surface area (Å²) in [4.78, 5) is 13.3. The topological polar surface area (TPSA) is 90.8 Å². The number of hydrogen-bond donors (Lipinski definition) is 2. The fourth-order valence-electron chi connectivity index (χ4n) is 2.26. The average molecular weight is 297 g/mol. The van der Waals surface area contributed by atoms with Crippen LogP contribution in [0.2, 0.25) is 0 Å². The van der Waals surface area contributed by atoms with E-state index in [0.29, 0.717) is 25.4 Å². The van der Waals surface area contributed by atoms with Gasteiger partial charge in [0.25, 0.3) is 0 Å². The molecule has 1 heterocycles. The molecule has 4 N–H and O–H groups in total. The number of ether oxygens (including phenoxy) is 2. The molecule has 1 aliphatic heterocycles. The van der Waals surface area contributed by atoms with Gasteiger partial charge in [-0.1, -0.05) is 6.92 Å². The molecule has 0 aliphatic carbocycles. The second-order valence-corrected chi connectivity index (χ2v) is 4.88. The number of anilines is 2. The van der Waals surface area contributed by atoms with Gasteiger partial charge in [-0.05, 0) is 6.42 Å². The summed E-state index contributed by atoms with van der Waals surface area (Å²) in [6.45, 7) is 3.43. The van der Waals surface area contributed by atoms with Crippen molar-refractivity contribution < 1.29 is 18.7 Å². The van der Waals surface area contributed by atoms with Crippen LogP contribution in [0.4, 0.5) is 15.8 Å². The number of benzene rings is 1. The van der Waals surface area contributed by atoms with Crippen molar-refractivity contribution in [3.05, 3.63) is 17.9 Å². The van der Waals surface area contributed by atoms with Gasteiger partial charge in [0.15, 0.2) is 11.6 Å². The average Bonchev–Trinajstić information content (AvgIpc) is 2.46. The number of primary amides is 1. The van der Waals surface area contributed by atoms with E-state index >= 15 is 0 Å². The van der Waals surface area contributed by atoms with Crippen LogP contribution in [0, 0.1) is 5.82 Å². The van der Waals surface area contributed by atoms with Crippen LogP contribution >= 0.6 is 0 Å². The van der Waals surface area contributed by atoms with Gasteiger partial charge >= 0.3 is 0 Å². The van der Waals surface area contributed by atoms with Crippen molar-refractivity contribution in [2.45, 2.75) is 19.4 Å². The van der Waals surface area contributed by atoms with E-state index in [4.69, 9.17) is 20.9 Å². The first-order valence-electron chi connectivity index (χ1n) is 6.90. The number of nitrogens with zero attached hydrogens (tertiary/aromatic N) is 1. The Labute approximate surface area is 122 Å². The van der Waals surface area contributed by atoms with E-state index < -0.39 is 17.8 Å². The van der Waals surface area contributed by atoms with Crippen molar-refractivity contribution >= 4 is 17.3 Å². The summed E-state index contributed by atoms with van der Waals surface area (Å²) in [5, 5.41) is 0. The Hall–Kier alpha value is -2.02. The second-order valence-electron chi connectivity index (χ2n) is 4.88. The molecule has 1 aliphatic rings. The predicted molar refractivity (Wildman–Crippen MR) is 77.7 cm³/mol. The fraction of sp³-hybridized carbons (Fsp3) is 0.500. The van der Waals surface area contributed by atoms with Crippen LogP contribution in [0.25, 0.3) is 0 Å². The number of carbonyl (C=O) groups excluding carboxylic acids is 1. The van der Waals surface area contributed by atoms with E-state index in [0.717, 1.165) is 6.42 Å². The highest BCUT2D eigenvalue weighted by Crippen LogP contribution is 2.33. The molecule has 21 heavy (non-hydrogen) atoms. The number of rotatable bonds is 5. The molecule has 6 nitrogen and oxygen atoms in total. The Bertz CT molecular complexity index is 524. The van der Waals surface area contributed by atoms with Crippen molar-refractivity contribution in [2.75, 3.05) is 37.0 Å². The Morgan fingerprint density at radius 2 is 2.33 bits per heavy atom. The zero-order valence-corrected chi connectivity index (χ0v) is 12.0. The SMILES string of the molecule is CCCOc1cc(N2CCOCC2C(N)=O)c(N)cc1F. The molecular formula is C14H20FN3O3. The standard InChI is InChI=1S/C14H20FN3O3/c1-2-4-21-13-7-11(10(16)6-9(13)15)18-3-5-20-8-12(18)14(17)19/h6-7,12H,2-5,8,16H2,1H3,(H2,17,19). The van der Waals surface area contributed by atoms with Gasteiger partial charge in [-0.15, -0.1) is 0 Å². The van der Waals surface area contributed by atoms with Crippen LogP contribution in [0.5, 0.6) is 5.75 Å². The molecule has 1 aromatic carbocycles. The van der Waals surface area contributed by atoms with E-state index in [1.165, 1.54) is 12.1 Å². The summed E-state index contributed by atoms with van der Waals surface area (Å²) >= 11 is 0. The number of hydrogen-bond acceptors (Lipinski definition) is 5. The fourth-order valence-corrected chi connectivity index (χ4v) is 2.26. The molecule has 1 aromatic rings. The monoisotopic (exact) mass is 297 g/mol. The molecule has 1 fully saturated rings. The third-order valence-electron chi connectivity index (χ3n) is 3.31. The minimum Gasteiger partial charge on any atom is -0.490 e. The lowest BCUT2D eigenvalue weighted by molar-refractivity contribution is -0.121. The first-order chi connectivity index (χ1) is 10.0. The molecular weight excluding hydrogens is 277 g/mol. The number of morpholine rings is 1. The molecule has 2 rings (SSSR count). The zero-order valence-electron chi connectivity index (χ0n) is 12.0. The van der Waals surface area contributed by atoms with Gasteiger partial charge in [0, 0.05) is 18.7 Å². The maximum atomic E-state index is 13.8. The molecule has 1 atom stereocenters. The normalized spacial score (nSPS) is 18.6. The summed E-state index contributed by atoms with van der Waals surface area (Å²) in [5.74, 6) is -0.904. The van der Waals surface area contributed by atoms with Gasteiger partial charge in [-0.25, -0.2) is 4.39 Å². The number of amides is 1. The highest BCUT2D eigenvalue weighted by Gasteiger charge is 2.29. The largest absolute Gasteiger partial charge is 0.490 e. The second kappa shape index (κ2) is 6.62. The molecule has 0 bridgehead atoms. The van der Waals surface area contributed by atoms with E-state index in [1.54, 1.807) is 4.90 Å². The molecule has 116 valence electrons. The minimum atomic E-state index is -0.620. The molecule has 0 aromatic heterocycles. The van der Waals surface area contributed by atoms with E-state index in [1.807, 2.05) is 6.92 Å². The lowest BCUT2D eigenvalue weighted by Gasteiger charge is -2.36. The molecule has 1 amide bonds. The number of halogens is 1. The van der Waals surface area contributed by atoms with Crippen LogP contribution in [-0.4, -0.2) is 38.3 Å². The molecule has 0 saturated carbocycles. The van der Waals surface area contributed by atoms with Gasteiger partial charge in [0.05, 0.1) is 31.2 Å². The zero-order chi connectivity index (χ0) is 15.4. The van der Waals surface area contributed by atoms with Crippen LogP contribution in [0.15, 0.2) is 12.1 Å². The van der Waals surface area contributed by atoms with Crippen LogP contribution in [0.3, 0.4) is 0 Å². The Balaban J connectivity index is 2.34. The summed E-state index contributed by atoms with van der Waals surface area (Å²) in [6, 6.07) is 2.10. The van der Waals surface area contributed by atoms with Crippen LogP contribution in [-0.2, 0) is 9.53 Å². The summed E-state index contributed by atoms with van der Waals surface area (Å²) in [6.07, 6.45) is 0.764. The van der Waals surface area contributed by atoms with Crippen molar-refractivity contribution in [1.82, 2.24) is 0 Å². The van der Waals surface area contributed by atoms with Gasteiger partial charge in [0.1, 0.15) is 6.04 Å². The predicted octanol–water partition coefficient (Wildman–Crippen LogP) is 0.887. The number of nitrogens with two attached hydrogens (primary N) is 2. The molecule has 7 heteroatoms. The van der Waals surface area contributed by atoms with Crippen LogP contribution < -0.4 is 21.1 Å². The molecule has 0 spiro atoms. The van der Waals surface area contributed by atoms with Gasteiger partial charge < -0.3 is 25.8 Å². The van der Waals surface area contributed by atoms with E-state index in [9.17, 15) is 9.18 Å². The first kappa shape index (κ1) is 15.4. The highest BCUT2D eigenvalue weighted by molar-refractivity contribution is 5.86. The maximum Gasteiger partial charge on any atom is 0.242 e. The Morgan fingerprint density at radius 3 is 3.00 bits per heavy atom. The van der Waals surface area contributed by atoms with Crippen molar-refractivity contribution in [3.63, 3.8) is 0 Å². The highest BCUT2D eigenvalue weighted by atomic mass is 19.1. The van der Waals surface area contributed by atoms with Gasteiger partial charge in [0.2, 0.25) is 5.91 Å². The van der Waals surface area contributed by atoms with Crippen molar-refractivity contribution in [3.8, 4) is 5.75 Å². The smallest absolute Gasteiger partial charge is 0.242 e. The quantitative estimate of drug-likeness (QED) is 0.788. The summed E-state index contributed by atoms with van der Waals surface area (Å²) < 4.78 is 24.5. The lowest BCUT2D eigenvalue weighted by atomic mass is 10.1. The van der Waals surface area contributed by atoms with E-state index in [-0.39, 0.29) is 18.0 Å². The lowest BCUT2D eigenvalue weighted by Crippen LogP contribution is -2.52. The first-order valence-corrected chi connectivity index (χ1v) is 6.90. The third-order valence-corrected chi connectivity index (χ3v) is 3.31. The maximum absolute atomic E-state index is 13.8. The number of carbonyl (C=O) groups is 1. The third kappa shape index (κ3) is 3.36. The Morgan fingerprint density at radius 1 is 1.57 bits per heavy atom. The molecule has 1 saturated heterocycles. The van der Waals surface area contributed by atoms with Crippen molar-refractivity contribution in [2.24, 2.45) is 5.73 Å². The molecule has 0 radical (unpaired) electrons. The van der Waals surface area contributed by atoms with Gasteiger partial charge in [-0.2, -0.15) is 0 Å².